The fourth-order valence-corrected chi connectivity index (χ4v) is 3.01. The van der Waals surface area contributed by atoms with Gasteiger partial charge in [0.2, 0.25) is 0 Å². The molecule has 23 heavy (non-hydrogen) atoms. The highest BCUT2D eigenvalue weighted by molar-refractivity contribution is 5.94. The van der Waals surface area contributed by atoms with E-state index in [2.05, 4.69) is 6.92 Å². The topological polar surface area (TPSA) is 60.8 Å². The van der Waals surface area contributed by atoms with E-state index in [1.54, 1.807) is 6.08 Å². The van der Waals surface area contributed by atoms with Gasteiger partial charge >= 0.3 is 0 Å². The number of carbonyl (C=O) groups excluding carboxylic acids is 1. The second-order valence-corrected chi connectivity index (χ2v) is 6.37. The summed E-state index contributed by atoms with van der Waals surface area (Å²) in [7, 11) is 0. The Balaban J connectivity index is 2.05. The van der Waals surface area contributed by atoms with Crippen LogP contribution in [0.5, 0.6) is 0 Å². The Labute approximate surface area is 138 Å². The smallest absolute Gasteiger partial charge is 0.254 e. The first kappa shape index (κ1) is 17.7. The molecule has 0 aromatic heterocycles. The quantitative estimate of drug-likeness (QED) is 0.793. The molecule has 0 spiro atoms. The zero-order valence-electron chi connectivity index (χ0n) is 13.9. The number of rotatable bonds is 6. The summed E-state index contributed by atoms with van der Waals surface area (Å²) in [6.07, 6.45) is 4.40. The van der Waals surface area contributed by atoms with Crippen LogP contribution in [-0.2, 0) is 0 Å². The van der Waals surface area contributed by atoms with Crippen LogP contribution in [0.2, 0.25) is 0 Å². The van der Waals surface area contributed by atoms with Gasteiger partial charge in [-0.3, -0.25) is 4.79 Å². The molecular formula is C19H27NO3. The highest BCUT2D eigenvalue weighted by Crippen LogP contribution is 2.27. The molecule has 0 radical (unpaired) electrons. The molecule has 126 valence electrons. The standard InChI is InChI=1S/C19H27NO3/c1-3-16(21)13-17(22)9-10-18-14(2)11-12-20(18)19(23)15-7-5-4-6-8-15/h4-10,14,16-18,21-22H,3,11-13H2,1-2H3/t14-,16-,17-,18-/m1/s1. The molecule has 1 aliphatic rings. The molecule has 1 aromatic carbocycles. The van der Waals surface area contributed by atoms with E-state index < -0.39 is 12.2 Å². The van der Waals surface area contributed by atoms with Crippen LogP contribution in [0.15, 0.2) is 42.5 Å². The van der Waals surface area contributed by atoms with Crippen molar-refractivity contribution in [2.24, 2.45) is 5.92 Å². The number of likely N-dealkylation sites (tertiary alicyclic amines) is 1. The molecule has 4 heteroatoms. The Morgan fingerprint density at radius 3 is 2.70 bits per heavy atom. The van der Waals surface area contributed by atoms with Crippen LogP contribution in [0.25, 0.3) is 0 Å². The van der Waals surface area contributed by atoms with Crippen molar-refractivity contribution >= 4 is 5.91 Å². The van der Waals surface area contributed by atoms with E-state index in [1.807, 2.05) is 48.2 Å². The highest BCUT2D eigenvalue weighted by Gasteiger charge is 2.33. The predicted octanol–water partition coefficient (Wildman–Crippen LogP) is 2.62. The van der Waals surface area contributed by atoms with Crippen molar-refractivity contribution in [3.8, 4) is 0 Å². The molecule has 4 nitrogen and oxygen atoms in total. The lowest BCUT2D eigenvalue weighted by Crippen LogP contribution is -2.36. The van der Waals surface area contributed by atoms with Gasteiger partial charge in [0.15, 0.2) is 0 Å². The molecule has 1 fully saturated rings. The summed E-state index contributed by atoms with van der Waals surface area (Å²) in [5.41, 5.74) is 0.696. The molecule has 1 amide bonds. The fraction of sp³-hybridized carbons (Fsp3) is 0.526. The van der Waals surface area contributed by atoms with Crippen LogP contribution in [0.1, 0.15) is 43.5 Å². The first-order valence-corrected chi connectivity index (χ1v) is 8.43. The summed E-state index contributed by atoms with van der Waals surface area (Å²) in [4.78, 5) is 14.5. The SMILES string of the molecule is CC[C@@H](O)C[C@H](O)C=C[C@@H]1[C@H](C)CCN1C(=O)c1ccccc1. The molecule has 2 rings (SSSR count). The average molecular weight is 317 g/mol. The summed E-state index contributed by atoms with van der Waals surface area (Å²) in [5.74, 6) is 0.398. The number of hydrogen-bond acceptors (Lipinski definition) is 3. The predicted molar refractivity (Wildman–Crippen MR) is 91.1 cm³/mol. The molecule has 1 saturated heterocycles. The van der Waals surface area contributed by atoms with E-state index in [-0.39, 0.29) is 11.9 Å². The maximum absolute atomic E-state index is 12.7. The summed E-state index contributed by atoms with van der Waals surface area (Å²) in [6, 6.07) is 9.30. The molecule has 2 N–H and O–H groups in total. The number of aliphatic hydroxyl groups excluding tert-OH is 2. The Bertz CT molecular complexity index is 529. The molecule has 1 aliphatic heterocycles. The Kier molecular flexibility index (Phi) is 6.37. The monoisotopic (exact) mass is 317 g/mol. The lowest BCUT2D eigenvalue weighted by Gasteiger charge is -2.25. The number of hydrogen-bond donors (Lipinski definition) is 2. The maximum atomic E-state index is 12.7. The van der Waals surface area contributed by atoms with Gasteiger partial charge in [-0.1, -0.05) is 44.2 Å². The van der Waals surface area contributed by atoms with Crippen LogP contribution < -0.4 is 0 Å². The van der Waals surface area contributed by atoms with Gasteiger partial charge in [0.1, 0.15) is 0 Å². The molecule has 0 aliphatic carbocycles. The van der Waals surface area contributed by atoms with E-state index >= 15 is 0 Å². The third kappa shape index (κ3) is 4.66. The lowest BCUT2D eigenvalue weighted by atomic mass is 10.0. The van der Waals surface area contributed by atoms with Crippen LogP contribution in [0, 0.1) is 5.92 Å². The molecule has 4 atom stereocenters. The minimum Gasteiger partial charge on any atom is -0.393 e. The minimum absolute atomic E-state index is 0.00359. The van der Waals surface area contributed by atoms with Crippen molar-refractivity contribution in [2.45, 2.75) is 51.4 Å². The zero-order valence-corrected chi connectivity index (χ0v) is 13.9. The van der Waals surface area contributed by atoms with Gasteiger partial charge in [0.25, 0.3) is 5.91 Å². The third-order valence-electron chi connectivity index (χ3n) is 4.57. The van der Waals surface area contributed by atoms with E-state index in [0.29, 0.717) is 24.3 Å². The van der Waals surface area contributed by atoms with Crippen molar-refractivity contribution in [1.29, 1.82) is 0 Å². The van der Waals surface area contributed by atoms with Gasteiger partial charge in [-0.05, 0) is 30.9 Å². The second kappa shape index (κ2) is 8.27. The molecule has 0 unspecified atom stereocenters. The number of nitrogens with zero attached hydrogens (tertiary/aromatic N) is 1. The largest absolute Gasteiger partial charge is 0.393 e. The van der Waals surface area contributed by atoms with Crippen molar-refractivity contribution in [3.05, 3.63) is 48.0 Å². The van der Waals surface area contributed by atoms with Gasteiger partial charge in [0.05, 0.1) is 18.2 Å². The summed E-state index contributed by atoms with van der Waals surface area (Å²) in [6.45, 7) is 4.75. The third-order valence-corrected chi connectivity index (χ3v) is 4.57. The van der Waals surface area contributed by atoms with Crippen LogP contribution in [0.4, 0.5) is 0 Å². The van der Waals surface area contributed by atoms with E-state index in [4.69, 9.17) is 0 Å². The van der Waals surface area contributed by atoms with Crippen molar-refractivity contribution in [1.82, 2.24) is 4.90 Å². The first-order valence-electron chi connectivity index (χ1n) is 8.43. The Morgan fingerprint density at radius 1 is 1.35 bits per heavy atom. The normalized spacial score (nSPS) is 24.1. The van der Waals surface area contributed by atoms with Crippen molar-refractivity contribution in [3.63, 3.8) is 0 Å². The molecule has 1 aromatic rings. The average Bonchev–Trinajstić information content (AvgIpc) is 2.93. The van der Waals surface area contributed by atoms with Crippen LogP contribution >= 0.6 is 0 Å². The molecule has 0 saturated carbocycles. The second-order valence-electron chi connectivity index (χ2n) is 6.37. The summed E-state index contributed by atoms with van der Waals surface area (Å²) in [5, 5.41) is 19.6. The Hall–Kier alpha value is -1.65. The van der Waals surface area contributed by atoms with Crippen LogP contribution in [-0.4, -0.2) is 45.8 Å². The first-order chi connectivity index (χ1) is 11.0. The van der Waals surface area contributed by atoms with Crippen molar-refractivity contribution < 1.29 is 15.0 Å². The molecule has 1 heterocycles. The number of benzene rings is 1. The van der Waals surface area contributed by atoms with Crippen molar-refractivity contribution in [2.75, 3.05) is 6.54 Å². The fourth-order valence-electron chi connectivity index (χ4n) is 3.01. The highest BCUT2D eigenvalue weighted by atomic mass is 16.3. The summed E-state index contributed by atoms with van der Waals surface area (Å²) < 4.78 is 0. The lowest BCUT2D eigenvalue weighted by molar-refractivity contribution is 0.0748. The van der Waals surface area contributed by atoms with E-state index in [1.165, 1.54) is 0 Å². The van der Waals surface area contributed by atoms with Gasteiger partial charge in [-0.25, -0.2) is 0 Å². The summed E-state index contributed by atoms with van der Waals surface area (Å²) >= 11 is 0. The van der Waals surface area contributed by atoms with E-state index in [9.17, 15) is 15.0 Å². The number of aliphatic hydroxyl groups is 2. The van der Waals surface area contributed by atoms with Gasteiger partial charge < -0.3 is 15.1 Å². The maximum Gasteiger partial charge on any atom is 0.254 e. The molecule has 0 bridgehead atoms. The number of carbonyl (C=O) groups is 1. The Morgan fingerprint density at radius 2 is 2.04 bits per heavy atom. The zero-order chi connectivity index (χ0) is 16.8. The van der Waals surface area contributed by atoms with Gasteiger partial charge in [-0.15, -0.1) is 0 Å². The number of amides is 1. The van der Waals surface area contributed by atoms with Crippen LogP contribution in [0.3, 0.4) is 0 Å². The van der Waals surface area contributed by atoms with Gasteiger partial charge in [-0.2, -0.15) is 0 Å². The van der Waals surface area contributed by atoms with Gasteiger partial charge in [0, 0.05) is 18.5 Å². The molecular weight excluding hydrogens is 290 g/mol. The van der Waals surface area contributed by atoms with E-state index in [0.717, 1.165) is 13.0 Å². The minimum atomic E-state index is -0.675.